The van der Waals surface area contributed by atoms with Crippen molar-refractivity contribution in [2.75, 3.05) is 27.9 Å². The summed E-state index contributed by atoms with van der Waals surface area (Å²) in [7, 11) is 4.72. The average molecular weight is 329 g/mol. The summed E-state index contributed by atoms with van der Waals surface area (Å²) in [5, 5.41) is 2.91. The van der Waals surface area contributed by atoms with Gasteiger partial charge in [0.05, 0.1) is 21.3 Å². The molecule has 0 aliphatic carbocycles. The van der Waals surface area contributed by atoms with Crippen molar-refractivity contribution in [2.45, 2.75) is 13.3 Å². The lowest BCUT2D eigenvalue weighted by atomic mass is 10.1. The summed E-state index contributed by atoms with van der Waals surface area (Å²) >= 11 is 0. The van der Waals surface area contributed by atoms with Crippen LogP contribution in [-0.4, -0.2) is 33.8 Å². The smallest absolute Gasteiger partial charge is 0.258 e. The Balaban J connectivity index is 2.02. The largest absolute Gasteiger partial charge is 0.496 e. The van der Waals surface area contributed by atoms with Gasteiger partial charge in [0.1, 0.15) is 22.8 Å². The van der Waals surface area contributed by atoms with Crippen LogP contribution < -0.4 is 19.5 Å². The maximum absolute atomic E-state index is 12.5. The molecular weight excluding hydrogens is 306 g/mol. The van der Waals surface area contributed by atoms with Crippen molar-refractivity contribution in [1.29, 1.82) is 0 Å². The average Bonchev–Trinajstić information content (AvgIpc) is 2.60. The zero-order chi connectivity index (χ0) is 17.5. The van der Waals surface area contributed by atoms with Crippen LogP contribution in [0.4, 0.5) is 0 Å². The minimum atomic E-state index is -0.213. The van der Waals surface area contributed by atoms with E-state index in [1.807, 2.05) is 19.1 Å². The quantitative estimate of drug-likeness (QED) is 0.848. The lowest BCUT2D eigenvalue weighted by molar-refractivity contribution is 0.0948. The molecule has 24 heavy (non-hydrogen) atoms. The monoisotopic (exact) mass is 329 g/mol. The van der Waals surface area contributed by atoms with Crippen LogP contribution in [0.3, 0.4) is 0 Å². The first-order valence-electron chi connectivity index (χ1n) is 7.73. The highest BCUT2D eigenvalue weighted by atomic mass is 16.5. The molecule has 128 valence electrons. The van der Waals surface area contributed by atoms with Gasteiger partial charge in [0, 0.05) is 6.54 Å². The number of carbonyl (C=O) groups is 1. The first kappa shape index (κ1) is 17.7. The Morgan fingerprint density at radius 1 is 0.958 bits per heavy atom. The number of ether oxygens (including phenoxy) is 3. The van der Waals surface area contributed by atoms with Crippen LogP contribution in [0.15, 0.2) is 36.4 Å². The van der Waals surface area contributed by atoms with Gasteiger partial charge in [0.15, 0.2) is 0 Å². The molecule has 0 atom stereocenters. The first-order valence-corrected chi connectivity index (χ1v) is 7.73. The summed E-state index contributed by atoms with van der Waals surface area (Å²) in [6.45, 7) is 2.52. The van der Waals surface area contributed by atoms with Gasteiger partial charge in [-0.3, -0.25) is 4.79 Å². The Morgan fingerprint density at radius 2 is 1.58 bits per heavy atom. The van der Waals surface area contributed by atoms with Gasteiger partial charge in [0.2, 0.25) is 0 Å². The number of nitrogens with one attached hydrogen (secondary N) is 1. The van der Waals surface area contributed by atoms with Crippen molar-refractivity contribution in [3.63, 3.8) is 0 Å². The predicted molar refractivity (Wildman–Crippen MR) is 93.3 cm³/mol. The lowest BCUT2D eigenvalue weighted by Crippen LogP contribution is -2.26. The van der Waals surface area contributed by atoms with Crippen molar-refractivity contribution in [3.8, 4) is 17.2 Å². The fourth-order valence-corrected chi connectivity index (χ4v) is 2.58. The van der Waals surface area contributed by atoms with E-state index in [0.29, 0.717) is 23.6 Å². The summed E-state index contributed by atoms with van der Waals surface area (Å²) in [4.78, 5) is 12.5. The minimum absolute atomic E-state index is 0.213. The van der Waals surface area contributed by atoms with Crippen molar-refractivity contribution in [3.05, 3.63) is 53.1 Å². The van der Waals surface area contributed by atoms with Gasteiger partial charge in [0.25, 0.3) is 5.91 Å². The second-order valence-electron chi connectivity index (χ2n) is 5.35. The van der Waals surface area contributed by atoms with Crippen LogP contribution in [0.5, 0.6) is 17.2 Å². The highest BCUT2D eigenvalue weighted by Crippen LogP contribution is 2.28. The van der Waals surface area contributed by atoms with Crippen LogP contribution in [0, 0.1) is 6.92 Å². The molecule has 0 aliphatic rings. The highest BCUT2D eigenvalue weighted by molar-refractivity contribution is 5.99. The predicted octanol–water partition coefficient (Wildman–Crippen LogP) is 2.99. The third kappa shape index (κ3) is 3.98. The van der Waals surface area contributed by atoms with Gasteiger partial charge < -0.3 is 19.5 Å². The Hall–Kier alpha value is -2.69. The van der Waals surface area contributed by atoms with Crippen LogP contribution >= 0.6 is 0 Å². The van der Waals surface area contributed by atoms with E-state index < -0.39 is 0 Å². The third-order valence-corrected chi connectivity index (χ3v) is 3.81. The van der Waals surface area contributed by atoms with Crippen LogP contribution in [0.1, 0.15) is 21.5 Å². The van der Waals surface area contributed by atoms with Gasteiger partial charge in [-0.2, -0.15) is 0 Å². The summed E-state index contributed by atoms with van der Waals surface area (Å²) < 4.78 is 15.8. The number of hydrogen-bond donors (Lipinski definition) is 1. The van der Waals surface area contributed by atoms with Gasteiger partial charge in [-0.1, -0.05) is 18.2 Å². The molecule has 0 saturated heterocycles. The highest BCUT2D eigenvalue weighted by Gasteiger charge is 2.17. The molecule has 1 amide bonds. The van der Waals surface area contributed by atoms with E-state index in [-0.39, 0.29) is 5.91 Å². The maximum atomic E-state index is 12.5. The molecule has 0 fully saturated rings. The molecule has 0 aromatic heterocycles. The number of carbonyl (C=O) groups excluding carboxylic acids is 1. The summed E-state index contributed by atoms with van der Waals surface area (Å²) in [5.41, 5.74) is 2.63. The number of methoxy groups -OCH3 is 3. The van der Waals surface area contributed by atoms with E-state index in [4.69, 9.17) is 14.2 Å². The molecule has 5 nitrogen and oxygen atoms in total. The lowest BCUT2D eigenvalue weighted by Gasteiger charge is -2.13. The van der Waals surface area contributed by atoms with Crippen LogP contribution in [-0.2, 0) is 6.42 Å². The van der Waals surface area contributed by atoms with E-state index >= 15 is 0 Å². The Labute approximate surface area is 142 Å². The van der Waals surface area contributed by atoms with Crippen molar-refractivity contribution >= 4 is 5.91 Å². The van der Waals surface area contributed by atoms with Gasteiger partial charge in [-0.25, -0.2) is 0 Å². The van der Waals surface area contributed by atoms with Gasteiger partial charge >= 0.3 is 0 Å². The SMILES string of the molecule is COc1ccc(CCNC(=O)c2c(OC)cccc2OC)cc1C. The van der Waals surface area contributed by atoms with E-state index in [9.17, 15) is 4.79 Å². The summed E-state index contributed by atoms with van der Waals surface area (Å²) in [6.07, 6.45) is 0.730. The molecule has 1 N–H and O–H groups in total. The number of benzene rings is 2. The summed E-state index contributed by atoms with van der Waals surface area (Å²) in [5.74, 6) is 1.63. The van der Waals surface area contributed by atoms with E-state index in [1.165, 1.54) is 14.2 Å². The molecule has 0 radical (unpaired) electrons. The Bertz CT molecular complexity index is 690. The second-order valence-corrected chi connectivity index (χ2v) is 5.35. The van der Waals surface area contributed by atoms with E-state index in [0.717, 1.165) is 23.3 Å². The maximum Gasteiger partial charge on any atom is 0.258 e. The Kier molecular flexibility index (Phi) is 6.07. The molecule has 2 aromatic carbocycles. The summed E-state index contributed by atoms with van der Waals surface area (Å²) in [6, 6.07) is 11.3. The molecule has 0 saturated carbocycles. The number of amides is 1. The molecular formula is C19H23NO4. The number of hydrogen-bond acceptors (Lipinski definition) is 4. The zero-order valence-electron chi connectivity index (χ0n) is 14.5. The van der Waals surface area contributed by atoms with Crippen LogP contribution in [0.2, 0.25) is 0 Å². The molecule has 0 bridgehead atoms. The molecule has 0 unspecified atom stereocenters. The second kappa shape index (κ2) is 8.24. The molecule has 0 heterocycles. The van der Waals surface area contributed by atoms with Crippen molar-refractivity contribution in [2.24, 2.45) is 0 Å². The van der Waals surface area contributed by atoms with Gasteiger partial charge in [-0.15, -0.1) is 0 Å². The number of rotatable bonds is 7. The molecule has 5 heteroatoms. The molecule has 0 aliphatic heterocycles. The zero-order valence-corrected chi connectivity index (χ0v) is 14.5. The third-order valence-electron chi connectivity index (χ3n) is 3.81. The minimum Gasteiger partial charge on any atom is -0.496 e. The number of aryl methyl sites for hydroxylation is 1. The fourth-order valence-electron chi connectivity index (χ4n) is 2.58. The van der Waals surface area contributed by atoms with Crippen molar-refractivity contribution in [1.82, 2.24) is 5.32 Å². The van der Waals surface area contributed by atoms with E-state index in [1.54, 1.807) is 25.3 Å². The Morgan fingerprint density at radius 3 is 2.12 bits per heavy atom. The van der Waals surface area contributed by atoms with Crippen molar-refractivity contribution < 1.29 is 19.0 Å². The molecule has 2 rings (SSSR count). The normalized spacial score (nSPS) is 10.2. The topological polar surface area (TPSA) is 56.8 Å². The van der Waals surface area contributed by atoms with E-state index in [2.05, 4.69) is 11.4 Å². The molecule has 2 aromatic rings. The molecule has 0 spiro atoms. The van der Waals surface area contributed by atoms with Gasteiger partial charge in [-0.05, 0) is 42.7 Å². The fraction of sp³-hybridized carbons (Fsp3) is 0.316. The standard InChI is InChI=1S/C19H23NO4/c1-13-12-14(8-9-15(13)22-2)10-11-20-19(21)18-16(23-3)6-5-7-17(18)24-4/h5-9,12H,10-11H2,1-4H3,(H,20,21). The van der Waals surface area contributed by atoms with Crippen LogP contribution in [0.25, 0.3) is 0 Å². The first-order chi connectivity index (χ1) is 11.6.